The Hall–Kier alpha value is -0.570. The maximum absolute atomic E-state index is 12.6. The molecule has 3 aliphatic rings. The average Bonchev–Trinajstić information content (AvgIpc) is 3.01. The molecule has 2 saturated carbocycles. The van der Waals surface area contributed by atoms with Gasteiger partial charge >= 0.3 is 0 Å². The summed E-state index contributed by atoms with van der Waals surface area (Å²) < 4.78 is 0. The van der Waals surface area contributed by atoms with E-state index in [-0.39, 0.29) is 6.61 Å². The van der Waals surface area contributed by atoms with Crippen LogP contribution < -0.4 is 0 Å². The Morgan fingerprint density at radius 2 is 2.11 bits per heavy atom. The van der Waals surface area contributed by atoms with Crippen LogP contribution in [0.1, 0.15) is 44.9 Å². The minimum Gasteiger partial charge on any atom is -0.396 e. The van der Waals surface area contributed by atoms with E-state index in [0.717, 1.165) is 38.3 Å². The topological polar surface area (TPSA) is 40.5 Å². The number of fused-ring (bicyclic) bond motifs is 2. The van der Waals surface area contributed by atoms with Crippen molar-refractivity contribution < 1.29 is 9.90 Å². The number of amides is 1. The monoisotopic (exact) mass is 251 g/mol. The van der Waals surface area contributed by atoms with E-state index in [2.05, 4.69) is 4.90 Å². The molecule has 1 heterocycles. The van der Waals surface area contributed by atoms with Gasteiger partial charge in [-0.2, -0.15) is 0 Å². The average molecular weight is 251 g/mol. The predicted octanol–water partition coefficient (Wildman–Crippen LogP) is 2.04. The standard InChI is InChI=1S/C15H25NO2/c17-7-5-11-2-1-6-16(10-11)15(18)14-9-12-3-4-13(14)8-12/h11-14,17H,1-10H2. The lowest BCUT2D eigenvalue weighted by molar-refractivity contribution is -0.139. The summed E-state index contributed by atoms with van der Waals surface area (Å²) >= 11 is 0. The number of nitrogens with zero attached hydrogens (tertiary/aromatic N) is 1. The number of aliphatic hydroxyl groups is 1. The quantitative estimate of drug-likeness (QED) is 0.834. The van der Waals surface area contributed by atoms with Gasteiger partial charge in [-0.1, -0.05) is 6.42 Å². The van der Waals surface area contributed by atoms with Gasteiger partial charge in [0, 0.05) is 25.6 Å². The summed E-state index contributed by atoms with van der Waals surface area (Å²) in [6.07, 6.45) is 8.28. The van der Waals surface area contributed by atoms with Crippen molar-refractivity contribution in [3.8, 4) is 0 Å². The van der Waals surface area contributed by atoms with E-state index < -0.39 is 0 Å². The third-order valence-electron chi connectivity index (χ3n) is 5.42. The predicted molar refractivity (Wildman–Crippen MR) is 69.9 cm³/mol. The van der Waals surface area contributed by atoms with Crippen molar-refractivity contribution in [1.29, 1.82) is 0 Å². The zero-order chi connectivity index (χ0) is 12.5. The van der Waals surface area contributed by atoms with Crippen LogP contribution in [0.15, 0.2) is 0 Å². The first kappa shape index (κ1) is 12.5. The third kappa shape index (κ3) is 2.29. The van der Waals surface area contributed by atoms with Crippen molar-refractivity contribution in [3.05, 3.63) is 0 Å². The fourth-order valence-corrected chi connectivity index (χ4v) is 4.47. The Kier molecular flexibility index (Phi) is 3.60. The minimum atomic E-state index is 0.265. The number of hydrogen-bond donors (Lipinski definition) is 1. The zero-order valence-corrected chi connectivity index (χ0v) is 11.2. The summed E-state index contributed by atoms with van der Waals surface area (Å²) in [5.41, 5.74) is 0. The Morgan fingerprint density at radius 1 is 1.22 bits per heavy atom. The molecule has 3 heteroatoms. The Bertz CT molecular complexity index is 316. The zero-order valence-electron chi connectivity index (χ0n) is 11.2. The van der Waals surface area contributed by atoms with Crippen LogP contribution in [0.25, 0.3) is 0 Å². The van der Waals surface area contributed by atoms with Crippen LogP contribution >= 0.6 is 0 Å². The van der Waals surface area contributed by atoms with Gasteiger partial charge in [0.05, 0.1) is 0 Å². The number of piperidine rings is 1. The molecule has 1 N–H and O–H groups in total. The number of hydrogen-bond acceptors (Lipinski definition) is 2. The van der Waals surface area contributed by atoms with Gasteiger partial charge in [-0.3, -0.25) is 4.79 Å². The fourth-order valence-electron chi connectivity index (χ4n) is 4.47. The molecule has 4 unspecified atom stereocenters. The van der Waals surface area contributed by atoms with Gasteiger partial charge < -0.3 is 10.0 Å². The molecule has 102 valence electrons. The second-order valence-electron chi connectivity index (χ2n) is 6.59. The van der Waals surface area contributed by atoms with E-state index in [0.29, 0.717) is 23.7 Å². The third-order valence-corrected chi connectivity index (χ3v) is 5.42. The van der Waals surface area contributed by atoms with Crippen LogP contribution in [0.4, 0.5) is 0 Å². The van der Waals surface area contributed by atoms with Crippen molar-refractivity contribution in [2.75, 3.05) is 19.7 Å². The van der Waals surface area contributed by atoms with Crippen molar-refractivity contribution in [2.24, 2.45) is 23.7 Å². The molecular weight excluding hydrogens is 226 g/mol. The Morgan fingerprint density at radius 3 is 2.78 bits per heavy atom. The van der Waals surface area contributed by atoms with Crippen LogP contribution in [0.5, 0.6) is 0 Å². The molecule has 4 atom stereocenters. The minimum absolute atomic E-state index is 0.265. The first-order chi connectivity index (χ1) is 8.78. The first-order valence-corrected chi connectivity index (χ1v) is 7.67. The molecular formula is C15H25NO2. The number of likely N-dealkylation sites (tertiary alicyclic amines) is 1. The molecule has 0 spiro atoms. The molecule has 1 amide bonds. The van der Waals surface area contributed by atoms with Crippen LogP contribution in [-0.2, 0) is 4.79 Å². The second-order valence-corrected chi connectivity index (χ2v) is 6.59. The number of aliphatic hydroxyl groups excluding tert-OH is 1. The van der Waals surface area contributed by atoms with Gasteiger partial charge in [-0.25, -0.2) is 0 Å². The molecule has 18 heavy (non-hydrogen) atoms. The summed E-state index contributed by atoms with van der Waals surface area (Å²) in [7, 11) is 0. The van der Waals surface area contributed by atoms with Crippen molar-refractivity contribution >= 4 is 5.91 Å². The lowest BCUT2D eigenvalue weighted by Crippen LogP contribution is -2.44. The van der Waals surface area contributed by atoms with Crippen LogP contribution in [0, 0.1) is 23.7 Å². The molecule has 1 aliphatic heterocycles. The summed E-state index contributed by atoms with van der Waals surface area (Å²) in [6.45, 7) is 2.11. The van der Waals surface area contributed by atoms with Gasteiger partial charge in [-0.15, -0.1) is 0 Å². The molecule has 1 saturated heterocycles. The van der Waals surface area contributed by atoms with E-state index >= 15 is 0 Å². The highest BCUT2D eigenvalue weighted by molar-refractivity contribution is 5.79. The number of carbonyl (C=O) groups excluding carboxylic acids is 1. The smallest absolute Gasteiger partial charge is 0.225 e. The van der Waals surface area contributed by atoms with E-state index in [1.165, 1.54) is 25.7 Å². The maximum atomic E-state index is 12.6. The molecule has 0 aromatic carbocycles. The van der Waals surface area contributed by atoms with Gasteiger partial charge in [0.2, 0.25) is 5.91 Å². The van der Waals surface area contributed by atoms with Crippen LogP contribution in [0.2, 0.25) is 0 Å². The molecule has 3 fully saturated rings. The van der Waals surface area contributed by atoms with Gasteiger partial charge in [0.15, 0.2) is 0 Å². The van der Waals surface area contributed by atoms with E-state index in [1.807, 2.05) is 0 Å². The normalized spacial score (nSPS) is 39.3. The van der Waals surface area contributed by atoms with Crippen molar-refractivity contribution in [2.45, 2.75) is 44.9 Å². The Balaban J connectivity index is 1.58. The second kappa shape index (κ2) is 5.20. The highest BCUT2D eigenvalue weighted by Crippen LogP contribution is 2.49. The SMILES string of the molecule is O=C(C1CC2CCC1C2)N1CCCC(CCO)C1. The highest BCUT2D eigenvalue weighted by atomic mass is 16.3. The fraction of sp³-hybridized carbons (Fsp3) is 0.933. The summed E-state index contributed by atoms with van der Waals surface area (Å²) in [5, 5.41) is 9.04. The number of rotatable bonds is 3. The van der Waals surface area contributed by atoms with Crippen molar-refractivity contribution in [3.63, 3.8) is 0 Å². The summed E-state index contributed by atoms with van der Waals surface area (Å²) in [4.78, 5) is 14.7. The summed E-state index contributed by atoms with van der Waals surface area (Å²) in [6, 6.07) is 0. The molecule has 0 radical (unpaired) electrons. The molecule has 0 aromatic heterocycles. The lowest BCUT2D eigenvalue weighted by atomic mass is 9.86. The van der Waals surface area contributed by atoms with Crippen molar-refractivity contribution in [1.82, 2.24) is 4.90 Å². The van der Waals surface area contributed by atoms with Gasteiger partial charge in [-0.05, 0) is 56.3 Å². The van der Waals surface area contributed by atoms with E-state index in [4.69, 9.17) is 5.11 Å². The highest BCUT2D eigenvalue weighted by Gasteiger charge is 2.44. The van der Waals surface area contributed by atoms with Crippen LogP contribution in [0.3, 0.4) is 0 Å². The number of carbonyl (C=O) groups is 1. The first-order valence-electron chi connectivity index (χ1n) is 7.67. The molecule has 2 bridgehead atoms. The summed E-state index contributed by atoms with van der Waals surface area (Å²) in [5.74, 6) is 2.86. The largest absolute Gasteiger partial charge is 0.396 e. The molecule has 2 aliphatic carbocycles. The molecule has 0 aromatic rings. The van der Waals surface area contributed by atoms with Crippen LogP contribution in [-0.4, -0.2) is 35.6 Å². The Labute approximate surface area is 110 Å². The van der Waals surface area contributed by atoms with Gasteiger partial charge in [0.1, 0.15) is 0 Å². The van der Waals surface area contributed by atoms with E-state index in [1.54, 1.807) is 0 Å². The lowest BCUT2D eigenvalue weighted by Gasteiger charge is -2.36. The molecule has 3 nitrogen and oxygen atoms in total. The molecule has 3 rings (SSSR count). The van der Waals surface area contributed by atoms with Gasteiger partial charge in [0.25, 0.3) is 0 Å². The maximum Gasteiger partial charge on any atom is 0.225 e. The van der Waals surface area contributed by atoms with E-state index in [9.17, 15) is 4.79 Å².